The molecule has 1 amide bonds. The average molecular weight is 335 g/mol. The van der Waals surface area contributed by atoms with Crippen LogP contribution in [0.3, 0.4) is 0 Å². The minimum Gasteiger partial charge on any atom is -0.349 e. The molecular weight excluding hydrogens is 306 g/mol. The van der Waals surface area contributed by atoms with Crippen molar-refractivity contribution in [3.8, 4) is 0 Å². The van der Waals surface area contributed by atoms with Gasteiger partial charge in [0.1, 0.15) is 0 Å². The molecule has 1 aliphatic rings. The van der Waals surface area contributed by atoms with Crippen LogP contribution in [0.1, 0.15) is 62.6 Å². The standard InChI is InChI=1S/C23H29NO/c1-17(2)22(20-15-7-4-8-16-20)24-23(25)21(19-13-9-10-14-19)18-11-5-3-6-12-18/h3-8,11-12,15-17,19,21-22H,9-10,13-14H2,1-2H3,(H,24,25)/t21-,22-/m1/s1. The van der Waals surface area contributed by atoms with Crippen molar-refractivity contribution in [3.63, 3.8) is 0 Å². The largest absolute Gasteiger partial charge is 0.349 e. The Labute approximate surface area is 151 Å². The van der Waals surface area contributed by atoms with Crippen LogP contribution in [0.5, 0.6) is 0 Å². The first-order chi connectivity index (χ1) is 12.2. The first-order valence-electron chi connectivity index (χ1n) is 9.57. The van der Waals surface area contributed by atoms with Gasteiger partial charge in [0.2, 0.25) is 5.91 Å². The van der Waals surface area contributed by atoms with E-state index in [1.54, 1.807) is 0 Å². The molecule has 1 saturated carbocycles. The molecule has 2 heteroatoms. The highest BCUT2D eigenvalue weighted by atomic mass is 16.2. The summed E-state index contributed by atoms with van der Waals surface area (Å²) in [5.41, 5.74) is 2.34. The van der Waals surface area contributed by atoms with Crippen LogP contribution >= 0.6 is 0 Å². The Morgan fingerprint density at radius 1 is 0.880 bits per heavy atom. The minimum absolute atomic E-state index is 0.0336. The summed E-state index contributed by atoms with van der Waals surface area (Å²) in [6, 6.07) is 20.7. The fourth-order valence-corrected chi connectivity index (χ4v) is 4.13. The molecule has 132 valence electrons. The highest BCUT2D eigenvalue weighted by Crippen LogP contribution is 2.38. The minimum atomic E-state index is -0.0336. The van der Waals surface area contributed by atoms with E-state index < -0.39 is 0 Å². The molecule has 0 unspecified atom stereocenters. The summed E-state index contributed by atoms with van der Waals surface area (Å²) < 4.78 is 0. The van der Waals surface area contributed by atoms with E-state index >= 15 is 0 Å². The van der Waals surface area contributed by atoms with Gasteiger partial charge in [-0.05, 0) is 35.8 Å². The second-order valence-electron chi connectivity index (χ2n) is 7.57. The van der Waals surface area contributed by atoms with Crippen molar-refractivity contribution in [3.05, 3.63) is 71.8 Å². The van der Waals surface area contributed by atoms with E-state index in [9.17, 15) is 4.79 Å². The van der Waals surface area contributed by atoms with Crippen molar-refractivity contribution in [2.24, 2.45) is 11.8 Å². The predicted molar refractivity (Wildman–Crippen MR) is 103 cm³/mol. The van der Waals surface area contributed by atoms with Gasteiger partial charge in [0.25, 0.3) is 0 Å². The van der Waals surface area contributed by atoms with Crippen LogP contribution in [-0.4, -0.2) is 5.91 Å². The molecule has 2 aromatic carbocycles. The van der Waals surface area contributed by atoms with Crippen molar-refractivity contribution >= 4 is 5.91 Å². The monoisotopic (exact) mass is 335 g/mol. The number of rotatable bonds is 6. The van der Waals surface area contributed by atoms with Gasteiger partial charge in [-0.3, -0.25) is 4.79 Å². The highest BCUT2D eigenvalue weighted by molar-refractivity contribution is 5.84. The molecular formula is C23H29NO. The maximum absolute atomic E-state index is 13.3. The normalized spacial score (nSPS) is 17.4. The van der Waals surface area contributed by atoms with Gasteiger partial charge < -0.3 is 5.32 Å². The molecule has 0 bridgehead atoms. The fraction of sp³-hybridized carbons (Fsp3) is 0.435. The third-order valence-corrected chi connectivity index (χ3v) is 5.44. The van der Waals surface area contributed by atoms with Gasteiger partial charge in [0.15, 0.2) is 0 Å². The van der Waals surface area contributed by atoms with Crippen LogP contribution < -0.4 is 5.32 Å². The fourth-order valence-electron chi connectivity index (χ4n) is 4.13. The van der Waals surface area contributed by atoms with Crippen LogP contribution in [0.15, 0.2) is 60.7 Å². The Kier molecular flexibility index (Phi) is 5.91. The van der Waals surface area contributed by atoms with E-state index in [0.717, 1.165) is 18.4 Å². The van der Waals surface area contributed by atoms with Gasteiger partial charge in [0.05, 0.1) is 12.0 Å². The van der Waals surface area contributed by atoms with Crippen molar-refractivity contribution in [2.75, 3.05) is 0 Å². The second-order valence-corrected chi connectivity index (χ2v) is 7.57. The molecule has 1 aliphatic carbocycles. The number of hydrogen-bond acceptors (Lipinski definition) is 1. The lowest BCUT2D eigenvalue weighted by molar-refractivity contribution is -0.124. The summed E-state index contributed by atoms with van der Waals surface area (Å²) in [5.74, 6) is 0.964. The number of nitrogens with one attached hydrogen (secondary N) is 1. The Balaban J connectivity index is 1.84. The van der Waals surface area contributed by atoms with Gasteiger partial charge in [0, 0.05) is 0 Å². The molecule has 2 aromatic rings. The lowest BCUT2D eigenvalue weighted by atomic mass is 9.83. The van der Waals surface area contributed by atoms with Crippen LogP contribution in [-0.2, 0) is 4.79 Å². The van der Waals surface area contributed by atoms with Crippen molar-refractivity contribution in [1.82, 2.24) is 5.32 Å². The second kappa shape index (κ2) is 8.33. The number of carbonyl (C=O) groups is 1. The quantitative estimate of drug-likeness (QED) is 0.744. The van der Waals surface area contributed by atoms with Crippen molar-refractivity contribution in [2.45, 2.75) is 51.5 Å². The molecule has 0 aliphatic heterocycles. The summed E-state index contributed by atoms with van der Waals surface area (Å²) in [7, 11) is 0. The lowest BCUT2D eigenvalue weighted by Gasteiger charge is -2.28. The average Bonchev–Trinajstić information content (AvgIpc) is 3.15. The van der Waals surface area contributed by atoms with E-state index in [1.807, 2.05) is 36.4 Å². The van der Waals surface area contributed by atoms with Crippen LogP contribution in [0.2, 0.25) is 0 Å². The van der Waals surface area contributed by atoms with E-state index in [-0.39, 0.29) is 17.9 Å². The molecule has 1 N–H and O–H groups in total. The van der Waals surface area contributed by atoms with Gasteiger partial charge in [-0.25, -0.2) is 0 Å². The van der Waals surface area contributed by atoms with Gasteiger partial charge in [-0.15, -0.1) is 0 Å². The van der Waals surface area contributed by atoms with Crippen molar-refractivity contribution in [1.29, 1.82) is 0 Å². The zero-order valence-corrected chi connectivity index (χ0v) is 15.3. The Bertz CT molecular complexity index is 659. The number of carbonyl (C=O) groups excluding carboxylic acids is 1. The smallest absolute Gasteiger partial charge is 0.228 e. The summed E-state index contributed by atoms with van der Waals surface area (Å²) >= 11 is 0. The lowest BCUT2D eigenvalue weighted by Crippen LogP contribution is -2.37. The van der Waals surface area contributed by atoms with Crippen LogP contribution in [0, 0.1) is 11.8 Å². The molecule has 2 atom stereocenters. The SMILES string of the molecule is CC(C)[C@@H](NC(=O)[C@H](c1ccccc1)C1CCCC1)c1ccccc1. The molecule has 0 aromatic heterocycles. The summed E-state index contributed by atoms with van der Waals surface area (Å²) in [4.78, 5) is 13.3. The molecule has 0 saturated heterocycles. The van der Waals surface area contributed by atoms with Gasteiger partial charge in [-0.2, -0.15) is 0 Å². The zero-order valence-electron chi connectivity index (χ0n) is 15.3. The van der Waals surface area contributed by atoms with Crippen LogP contribution in [0.4, 0.5) is 0 Å². The molecule has 1 fully saturated rings. The maximum Gasteiger partial charge on any atom is 0.228 e. The van der Waals surface area contributed by atoms with Crippen LogP contribution in [0.25, 0.3) is 0 Å². The number of hydrogen-bond donors (Lipinski definition) is 1. The third-order valence-electron chi connectivity index (χ3n) is 5.44. The molecule has 0 spiro atoms. The number of amides is 1. The molecule has 25 heavy (non-hydrogen) atoms. The number of benzene rings is 2. The summed E-state index contributed by atoms with van der Waals surface area (Å²) in [5, 5.41) is 3.37. The third kappa shape index (κ3) is 4.31. The van der Waals surface area contributed by atoms with E-state index in [4.69, 9.17) is 0 Å². The summed E-state index contributed by atoms with van der Waals surface area (Å²) in [6.45, 7) is 4.34. The molecule has 2 nitrogen and oxygen atoms in total. The van der Waals surface area contributed by atoms with E-state index in [2.05, 4.69) is 43.4 Å². The highest BCUT2D eigenvalue weighted by Gasteiger charge is 2.33. The van der Waals surface area contributed by atoms with Gasteiger partial charge in [-0.1, -0.05) is 87.4 Å². The Hall–Kier alpha value is -2.09. The molecule has 0 heterocycles. The molecule has 3 rings (SSSR count). The predicted octanol–water partition coefficient (Wildman–Crippen LogP) is 5.47. The van der Waals surface area contributed by atoms with Gasteiger partial charge >= 0.3 is 0 Å². The Morgan fingerprint density at radius 2 is 1.40 bits per heavy atom. The maximum atomic E-state index is 13.3. The zero-order chi connectivity index (χ0) is 17.6. The topological polar surface area (TPSA) is 29.1 Å². The first-order valence-corrected chi connectivity index (χ1v) is 9.57. The molecule has 0 radical (unpaired) electrons. The van der Waals surface area contributed by atoms with E-state index in [0.29, 0.717) is 11.8 Å². The van der Waals surface area contributed by atoms with Crippen molar-refractivity contribution < 1.29 is 4.79 Å². The van der Waals surface area contributed by atoms with E-state index in [1.165, 1.54) is 18.4 Å². The summed E-state index contributed by atoms with van der Waals surface area (Å²) in [6.07, 6.45) is 4.80. The Morgan fingerprint density at radius 3 is 1.92 bits per heavy atom. The first kappa shape index (κ1) is 17.7.